The predicted octanol–water partition coefficient (Wildman–Crippen LogP) is 1.74. The molecule has 0 bridgehead atoms. The van der Waals surface area contributed by atoms with Crippen LogP contribution in [0.1, 0.15) is 18.1 Å². The lowest BCUT2D eigenvalue weighted by Gasteiger charge is -2.22. The van der Waals surface area contributed by atoms with Crippen LogP contribution in [-0.4, -0.2) is 37.1 Å². The smallest absolute Gasteiger partial charge is 0.344 e. The first-order valence-corrected chi connectivity index (χ1v) is 8.61. The van der Waals surface area contributed by atoms with Crippen LogP contribution in [0.5, 0.6) is 11.5 Å². The molecule has 0 saturated carbocycles. The van der Waals surface area contributed by atoms with Crippen LogP contribution >= 0.6 is 0 Å². The van der Waals surface area contributed by atoms with E-state index in [-0.39, 0.29) is 6.42 Å². The van der Waals surface area contributed by atoms with E-state index in [4.69, 9.17) is 9.47 Å². The standard InChI is InChI=1S/C20H21N3O5/c1-20(14-7-9-15(27-2)10-8-14)18(25)23(19(26)21-20)22-17(24)12-13-5-4-6-16(11-13)28-3/h4-11H,12H2,1-3H3,(H,21,26)(H,22,24)/t20-/m1/s1. The van der Waals surface area contributed by atoms with Crippen LogP contribution in [0, 0.1) is 0 Å². The van der Waals surface area contributed by atoms with E-state index in [1.165, 1.54) is 7.11 Å². The summed E-state index contributed by atoms with van der Waals surface area (Å²) in [5, 5.41) is 3.35. The number of benzene rings is 2. The lowest BCUT2D eigenvalue weighted by Crippen LogP contribution is -2.48. The molecule has 0 aliphatic carbocycles. The number of amides is 4. The molecule has 2 N–H and O–H groups in total. The number of rotatable bonds is 6. The van der Waals surface area contributed by atoms with E-state index < -0.39 is 23.4 Å². The second-order valence-corrected chi connectivity index (χ2v) is 6.49. The number of nitrogens with one attached hydrogen (secondary N) is 2. The Hall–Kier alpha value is -3.55. The van der Waals surface area contributed by atoms with Gasteiger partial charge in [-0.3, -0.25) is 15.0 Å². The molecule has 8 nitrogen and oxygen atoms in total. The van der Waals surface area contributed by atoms with Crippen molar-refractivity contribution in [3.63, 3.8) is 0 Å². The zero-order chi connectivity index (χ0) is 20.3. The van der Waals surface area contributed by atoms with Gasteiger partial charge < -0.3 is 14.8 Å². The minimum Gasteiger partial charge on any atom is -0.497 e. The molecule has 0 aromatic heterocycles. The lowest BCUT2D eigenvalue weighted by atomic mass is 9.92. The van der Waals surface area contributed by atoms with Crippen molar-refractivity contribution in [1.82, 2.24) is 15.8 Å². The molecule has 1 aliphatic heterocycles. The Bertz CT molecular complexity index is 912. The SMILES string of the molecule is COc1ccc([C@@]2(C)NC(=O)N(NC(=O)Cc3cccc(OC)c3)C2=O)cc1. The zero-order valence-corrected chi connectivity index (χ0v) is 15.8. The van der Waals surface area contributed by atoms with Crippen molar-refractivity contribution >= 4 is 17.8 Å². The average Bonchev–Trinajstić information content (AvgIpc) is 2.92. The Kier molecular flexibility index (Phi) is 5.21. The summed E-state index contributed by atoms with van der Waals surface area (Å²) in [5.41, 5.74) is 2.37. The molecule has 1 saturated heterocycles. The topological polar surface area (TPSA) is 97.0 Å². The van der Waals surface area contributed by atoms with Crippen molar-refractivity contribution in [1.29, 1.82) is 0 Å². The van der Waals surface area contributed by atoms with E-state index in [9.17, 15) is 14.4 Å². The maximum atomic E-state index is 12.9. The Balaban J connectivity index is 1.73. The van der Waals surface area contributed by atoms with E-state index in [0.717, 1.165) is 0 Å². The third-order valence-corrected chi connectivity index (χ3v) is 4.59. The fourth-order valence-corrected chi connectivity index (χ4v) is 2.99. The van der Waals surface area contributed by atoms with Gasteiger partial charge in [0.05, 0.1) is 20.6 Å². The number of carbonyl (C=O) groups excluding carboxylic acids is 3. The molecule has 1 fully saturated rings. The van der Waals surface area contributed by atoms with Crippen molar-refractivity contribution < 1.29 is 23.9 Å². The number of carbonyl (C=O) groups is 3. The highest BCUT2D eigenvalue weighted by Gasteiger charge is 2.50. The molecule has 3 rings (SSSR count). The van der Waals surface area contributed by atoms with Crippen LogP contribution in [-0.2, 0) is 21.5 Å². The number of hydrogen-bond donors (Lipinski definition) is 2. The van der Waals surface area contributed by atoms with Crippen LogP contribution in [0.3, 0.4) is 0 Å². The summed E-state index contributed by atoms with van der Waals surface area (Å²) >= 11 is 0. The van der Waals surface area contributed by atoms with Gasteiger partial charge in [-0.2, -0.15) is 5.01 Å². The summed E-state index contributed by atoms with van der Waals surface area (Å²) in [7, 11) is 3.07. The largest absolute Gasteiger partial charge is 0.497 e. The van der Waals surface area contributed by atoms with E-state index in [0.29, 0.717) is 27.6 Å². The molecular weight excluding hydrogens is 362 g/mol. The van der Waals surface area contributed by atoms with Crippen LogP contribution < -0.4 is 20.2 Å². The summed E-state index contributed by atoms with van der Waals surface area (Å²) in [4.78, 5) is 37.5. The third-order valence-electron chi connectivity index (χ3n) is 4.59. The number of ether oxygens (including phenoxy) is 2. The molecule has 8 heteroatoms. The number of hydrogen-bond acceptors (Lipinski definition) is 5. The molecule has 1 atom stereocenters. The van der Waals surface area contributed by atoms with Crippen molar-refractivity contribution in [3.8, 4) is 11.5 Å². The van der Waals surface area contributed by atoms with Gasteiger partial charge in [0.25, 0.3) is 5.91 Å². The number of imide groups is 1. The summed E-state index contributed by atoms with van der Waals surface area (Å²) in [6.07, 6.45) is -0.00644. The normalized spacial score (nSPS) is 18.6. The molecule has 0 unspecified atom stereocenters. The van der Waals surface area contributed by atoms with Crippen molar-refractivity contribution in [3.05, 3.63) is 59.7 Å². The molecule has 4 amide bonds. The average molecular weight is 383 g/mol. The molecule has 1 heterocycles. The second kappa shape index (κ2) is 7.59. The van der Waals surface area contributed by atoms with Crippen molar-refractivity contribution in [2.45, 2.75) is 18.9 Å². The van der Waals surface area contributed by atoms with Gasteiger partial charge >= 0.3 is 6.03 Å². The summed E-state index contributed by atoms with van der Waals surface area (Å²) < 4.78 is 10.2. The molecule has 28 heavy (non-hydrogen) atoms. The minimum atomic E-state index is -1.29. The van der Waals surface area contributed by atoms with Gasteiger partial charge in [0.1, 0.15) is 17.0 Å². The molecule has 2 aromatic carbocycles. The number of hydrazine groups is 1. The van der Waals surface area contributed by atoms with Crippen molar-refractivity contribution in [2.24, 2.45) is 0 Å². The molecule has 0 radical (unpaired) electrons. The second-order valence-electron chi connectivity index (χ2n) is 6.49. The maximum absolute atomic E-state index is 12.9. The van der Waals surface area contributed by atoms with E-state index in [2.05, 4.69) is 10.7 Å². The minimum absolute atomic E-state index is 0.00644. The molecule has 0 spiro atoms. The van der Waals surface area contributed by atoms with Gasteiger partial charge in [-0.25, -0.2) is 4.79 Å². The molecule has 146 valence electrons. The predicted molar refractivity (Wildman–Crippen MR) is 101 cm³/mol. The highest BCUT2D eigenvalue weighted by molar-refractivity contribution is 6.08. The van der Waals surface area contributed by atoms with Gasteiger partial charge in [0, 0.05) is 0 Å². The highest BCUT2D eigenvalue weighted by atomic mass is 16.5. The first-order chi connectivity index (χ1) is 13.4. The quantitative estimate of drug-likeness (QED) is 0.741. The van der Waals surface area contributed by atoms with Crippen LogP contribution in [0.15, 0.2) is 48.5 Å². The van der Waals surface area contributed by atoms with E-state index in [1.807, 2.05) is 0 Å². The summed E-state index contributed by atoms with van der Waals surface area (Å²) in [5.74, 6) is 0.192. The Morgan fingerprint density at radius 3 is 2.39 bits per heavy atom. The fourth-order valence-electron chi connectivity index (χ4n) is 2.99. The van der Waals surface area contributed by atoms with E-state index in [1.54, 1.807) is 62.6 Å². The summed E-state index contributed by atoms with van der Waals surface area (Å²) in [6, 6.07) is 13.1. The van der Waals surface area contributed by atoms with E-state index >= 15 is 0 Å². The fraction of sp³-hybridized carbons (Fsp3) is 0.250. The maximum Gasteiger partial charge on any atom is 0.344 e. The van der Waals surface area contributed by atoms with Gasteiger partial charge in [-0.05, 0) is 42.3 Å². The third kappa shape index (κ3) is 3.62. The number of nitrogens with zero attached hydrogens (tertiary/aromatic N) is 1. The van der Waals surface area contributed by atoms with Crippen LogP contribution in [0.4, 0.5) is 4.79 Å². The summed E-state index contributed by atoms with van der Waals surface area (Å²) in [6.45, 7) is 1.59. The Morgan fingerprint density at radius 1 is 1.07 bits per heavy atom. The number of methoxy groups -OCH3 is 2. The van der Waals surface area contributed by atoms with Crippen LogP contribution in [0.25, 0.3) is 0 Å². The van der Waals surface area contributed by atoms with Gasteiger partial charge in [0.15, 0.2) is 0 Å². The lowest BCUT2D eigenvalue weighted by molar-refractivity contribution is -0.138. The number of urea groups is 1. The Labute approximate surface area is 162 Å². The van der Waals surface area contributed by atoms with Gasteiger partial charge in [-0.15, -0.1) is 0 Å². The van der Waals surface area contributed by atoms with Crippen molar-refractivity contribution in [2.75, 3.05) is 14.2 Å². The van der Waals surface area contributed by atoms with Crippen LogP contribution in [0.2, 0.25) is 0 Å². The highest BCUT2D eigenvalue weighted by Crippen LogP contribution is 2.29. The monoisotopic (exact) mass is 383 g/mol. The zero-order valence-electron chi connectivity index (χ0n) is 15.8. The van der Waals surface area contributed by atoms with Gasteiger partial charge in [-0.1, -0.05) is 24.3 Å². The molecule has 2 aromatic rings. The van der Waals surface area contributed by atoms with Gasteiger partial charge in [0.2, 0.25) is 5.91 Å². The molecule has 1 aliphatic rings. The first-order valence-electron chi connectivity index (χ1n) is 8.61. The molecular formula is C20H21N3O5. The first kappa shape index (κ1) is 19.2. The Morgan fingerprint density at radius 2 is 1.75 bits per heavy atom.